The number of ether oxygens (including phenoxy) is 2. The van der Waals surface area contributed by atoms with Gasteiger partial charge in [-0.3, -0.25) is 4.90 Å². The van der Waals surface area contributed by atoms with Crippen LogP contribution in [-0.4, -0.2) is 32.8 Å². The van der Waals surface area contributed by atoms with Crippen LogP contribution >= 0.6 is 0 Å². The zero-order valence-electron chi connectivity index (χ0n) is 13.8. The van der Waals surface area contributed by atoms with Crippen LogP contribution in [0, 0.1) is 5.92 Å². The summed E-state index contributed by atoms with van der Waals surface area (Å²) in [6.07, 6.45) is 7.41. The van der Waals surface area contributed by atoms with Gasteiger partial charge in [0, 0.05) is 24.8 Å². The molecule has 23 heavy (non-hydrogen) atoms. The first-order chi connectivity index (χ1) is 11.3. The lowest BCUT2D eigenvalue weighted by Gasteiger charge is -2.28. The van der Waals surface area contributed by atoms with E-state index in [-0.39, 0.29) is 6.03 Å². The number of hydrogen-bond acceptors (Lipinski definition) is 3. The molecule has 2 aliphatic rings. The quantitative estimate of drug-likeness (QED) is 0.872. The molecule has 1 heterocycles. The van der Waals surface area contributed by atoms with Crippen molar-refractivity contribution in [1.82, 2.24) is 5.32 Å². The average molecular weight is 318 g/mol. The Hall–Kier alpha value is -1.91. The Morgan fingerprint density at radius 2 is 2.04 bits per heavy atom. The molecule has 2 fully saturated rings. The molecular formula is C18H26N2O3. The summed E-state index contributed by atoms with van der Waals surface area (Å²) in [6, 6.07) is 5.66. The molecule has 2 amide bonds. The first-order valence-corrected chi connectivity index (χ1v) is 8.64. The van der Waals surface area contributed by atoms with E-state index in [1.165, 1.54) is 25.7 Å². The van der Waals surface area contributed by atoms with Gasteiger partial charge in [0.15, 0.2) is 11.5 Å². The molecule has 1 saturated heterocycles. The van der Waals surface area contributed by atoms with Gasteiger partial charge in [-0.05, 0) is 30.9 Å². The summed E-state index contributed by atoms with van der Waals surface area (Å²) in [5, 5.41) is 2.87. The van der Waals surface area contributed by atoms with Gasteiger partial charge in [-0.2, -0.15) is 0 Å². The van der Waals surface area contributed by atoms with Crippen molar-refractivity contribution in [3.05, 3.63) is 18.2 Å². The molecular weight excluding hydrogens is 292 g/mol. The van der Waals surface area contributed by atoms with Gasteiger partial charge >= 0.3 is 6.03 Å². The van der Waals surface area contributed by atoms with Crippen molar-refractivity contribution in [2.45, 2.75) is 38.5 Å². The summed E-state index contributed by atoms with van der Waals surface area (Å²) in [6.45, 7) is 2.19. The molecule has 1 saturated carbocycles. The number of benzene rings is 1. The smallest absolute Gasteiger partial charge is 0.321 e. The molecule has 0 aromatic heterocycles. The maximum atomic E-state index is 12.0. The number of rotatable bonds is 6. The minimum atomic E-state index is -0.0432. The summed E-state index contributed by atoms with van der Waals surface area (Å²) in [4.78, 5) is 13.7. The number of nitrogens with zero attached hydrogens (tertiary/aromatic N) is 1. The largest absolute Gasteiger partial charge is 0.493 e. The first kappa shape index (κ1) is 16.0. The van der Waals surface area contributed by atoms with E-state index in [0.717, 1.165) is 49.0 Å². The second-order valence-electron chi connectivity index (χ2n) is 6.36. The van der Waals surface area contributed by atoms with E-state index in [4.69, 9.17) is 9.47 Å². The number of nitrogens with one attached hydrogen (secondary N) is 1. The van der Waals surface area contributed by atoms with Crippen LogP contribution in [0.3, 0.4) is 0 Å². The van der Waals surface area contributed by atoms with Gasteiger partial charge in [0.05, 0.1) is 13.7 Å². The highest BCUT2D eigenvalue weighted by Crippen LogP contribution is 2.33. The van der Waals surface area contributed by atoms with Gasteiger partial charge in [0.1, 0.15) is 0 Å². The third-order valence-corrected chi connectivity index (χ3v) is 4.80. The molecule has 3 rings (SSSR count). The lowest BCUT2D eigenvalue weighted by molar-refractivity contribution is 0.242. The van der Waals surface area contributed by atoms with E-state index in [2.05, 4.69) is 5.32 Å². The predicted octanol–water partition coefficient (Wildman–Crippen LogP) is 3.57. The van der Waals surface area contributed by atoms with E-state index in [1.54, 1.807) is 12.0 Å². The Bertz CT molecular complexity index is 541. The van der Waals surface area contributed by atoms with E-state index >= 15 is 0 Å². The molecule has 0 atom stereocenters. The molecule has 0 radical (unpaired) electrons. The predicted molar refractivity (Wildman–Crippen MR) is 90.4 cm³/mol. The van der Waals surface area contributed by atoms with Gasteiger partial charge in [-0.15, -0.1) is 0 Å². The standard InChI is InChI=1S/C18H26N2O3/c1-22-16-8-7-15(20-11-4-10-19-18(20)21)13-17(16)23-12-9-14-5-2-3-6-14/h7-8,13-14H,2-6,9-12H2,1H3,(H,19,21). The number of carbonyl (C=O) groups is 1. The number of urea groups is 1. The first-order valence-electron chi connectivity index (χ1n) is 8.64. The lowest BCUT2D eigenvalue weighted by atomic mass is 10.1. The topological polar surface area (TPSA) is 50.8 Å². The second kappa shape index (κ2) is 7.57. The van der Waals surface area contributed by atoms with E-state index in [9.17, 15) is 4.79 Å². The summed E-state index contributed by atoms with van der Waals surface area (Å²) in [5.41, 5.74) is 0.860. The maximum absolute atomic E-state index is 12.0. The normalized spacial score (nSPS) is 18.8. The fourth-order valence-electron chi connectivity index (χ4n) is 3.46. The molecule has 0 spiro atoms. The number of hydrogen-bond donors (Lipinski definition) is 1. The molecule has 1 N–H and O–H groups in total. The van der Waals surface area contributed by atoms with Crippen LogP contribution < -0.4 is 19.7 Å². The maximum Gasteiger partial charge on any atom is 0.321 e. The van der Waals surface area contributed by atoms with E-state index in [1.807, 2.05) is 18.2 Å². The number of methoxy groups -OCH3 is 1. The second-order valence-corrected chi connectivity index (χ2v) is 6.36. The van der Waals surface area contributed by atoms with Crippen molar-refractivity contribution < 1.29 is 14.3 Å². The van der Waals surface area contributed by atoms with Crippen molar-refractivity contribution in [2.24, 2.45) is 5.92 Å². The lowest BCUT2D eigenvalue weighted by Crippen LogP contribution is -2.46. The Morgan fingerprint density at radius 3 is 2.78 bits per heavy atom. The number of carbonyl (C=O) groups excluding carboxylic acids is 1. The Balaban J connectivity index is 1.66. The van der Waals surface area contributed by atoms with Crippen LogP contribution in [-0.2, 0) is 0 Å². The highest BCUT2D eigenvalue weighted by Gasteiger charge is 2.21. The number of amides is 2. The molecule has 0 bridgehead atoms. The van der Waals surface area contributed by atoms with Gasteiger partial charge in [0.2, 0.25) is 0 Å². The SMILES string of the molecule is COc1ccc(N2CCCNC2=O)cc1OCCC1CCCC1. The van der Waals surface area contributed by atoms with Gasteiger partial charge in [-0.25, -0.2) is 4.79 Å². The van der Waals surface area contributed by atoms with Crippen molar-refractivity contribution >= 4 is 11.7 Å². The van der Waals surface area contributed by atoms with E-state index in [0.29, 0.717) is 6.61 Å². The fraction of sp³-hybridized carbons (Fsp3) is 0.611. The van der Waals surface area contributed by atoms with Crippen LogP contribution in [0.25, 0.3) is 0 Å². The van der Waals surface area contributed by atoms with Gasteiger partial charge < -0.3 is 14.8 Å². The molecule has 1 aliphatic heterocycles. The van der Waals surface area contributed by atoms with Crippen LogP contribution in [0.5, 0.6) is 11.5 Å². The van der Waals surface area contributed by atoms with Crippen LogP contribution in [0.1, 0.15) is 38.5 Å². The molecule has 1 aromatic carbocycles. The van der Waals surface area contributed by atoms with E-state index < -0.39 is 0 Å². The highest BCUT2D eigenvalue weighted by atomic mass is 16.5. The number of anilines is 1. The van der Waals surface area contributed by atoms with Crippen LogP contribution in [0.2, 0.25) is 0 Å². The molecule has 126 valence electrons. The third-order valence-electron chi connectivity index (χ3n) is 4.80. The Morgan fingerprint density at radius 1 is 1.22 bits per heavy atom. The summed E-state index contributed by atoms with van der Waals surface area (Å²) in [5.74, 6) is 2.25. The van der Waals surface area contributed by atoms with Crippen molar-refractivity contribution in [2.75, 3.05) is 31.7 Å². The van der Waals surface area contributed by atoms with Crippen molar-refractivity contribution in [3.8, 4) is 11.5 Å². The molecule has 1 aromatic rings. The van der Waals surface area contributed by atoms with Crippen molar-refractivity contribution in [1.29, 1.82) is 0 Å². The summed E-state index contributed by atoms with van der Waals surface area (Å²) in [7, 11) is 1.65. The monoisotopic (exact) mass is 318 g/mol. The molecule has 5 nitrogen and oxygen atoms in total. The Kier molecular flexibility index (Phi) is 5.26. The van der Waals surface area contributed by atoms with Gasteiger partial charge in [0.25, 0.3) is 0 Å². The minimum absolute atomic E-state index is 0.0432. The Labute approximate surface area is 137 Å². The third kappa shape index (κ3) is 3.89. The molecule has 5 heteroatoms. The molecule has 1 aliphatic carbocycles. The van der Waals surface area contributed by atoms with Crippen LogP contribution in [0.15, 0.2) is 18.2 Å². The zero-order chi connectivity index (χ0) is 16.1. The zero-order valence-corrected chi connectivity index (χ0v) is 13.8. The average Bonchev–Trinajstić information content (AvgIpc) is 3.09. The minimum Gasteiger partial charge on any atom is -0.493 e. The summed E-state index contributed by atoms with van der Waals surface area (Å²) >= 11 is 0. The van der Waals surface area contributed by atoms with Crippen LogP contribution in [0.4, 0.5) is 10.5 Å². The molecule has 0 unspecified atom stereocenters. The summed E-state index contributed by atoms with van der Waals surface area (Å²) < 4.78 is 11.4. The fourth-order valence-corrected chi connectivity index (χ4v) is 3.46. The highest BCUT2D eigenvalue weighted by molar-refractivity contribution is 5.93. The van der Waals surface area contributed by atoms with Gasteiger partial charge in [-0.1, -0.05) is 25.7 Å². The van der Waals surface area contributed by atoms with Crippen molar-refractivity contribution in [3.63, 3.8) is 0 Å².